The van der Waals surface area contributed by atoms with Gasteiger partial charge in [0.15, 0.2) is 0 Å². The largest absolute Gasteiger partial charge is 0.465 e. The lowest BCUT2D eigenvalue weighted by Crippen LogP contribution is -2.43. The molecule has 28 heavy (non-hydrogen) atoms. The van der Waals surface area contributed by atoms with Crippen molar-refractivity contribution in [2.75, 3.05) is 25.5 Å². The van der Waals surface area contributed by atoms with Gasteiger partial charge in [0.05, 0.1) is 23.5 Å². The van der Waals surface area contributed by atoms with Crippen molar-refractivity contribution in [1.82, 2.24) is 4.31 Å². The van der Waals surface area contributed by atoms with Crippen molar-refractivity contribution in [3.63, 3.8) is 0 Å². The first-order valence-corrected chi connectivity index (χ1v) is 10.4. The van der Waals surface area contributed by atoms with E-state index in [2.05, 4.69) is 10.1 Å². The van der Waals surface area contributed by atoms with Crippen LogP contribution in [0, 0.1) is 5.92 Å². The number of carbonyl (C=O) groups excluding carboxylic acids is 2. The molecule has 2 aromatic carbocycles. The molecular weight excluding hydrogens is 380 g/mol. The number of hydrogen-bond acceptors (Lipinski definition) is 5. The van der Waals surface area contributed by atoms with Crippen molar-refractivity contribution in [2.24, 2.45) is 5.92 Å². The molecule has 0 unspecified atom stereocenters. The van der Waals surface area contributed by atoms with Gasteiger partial charge < -0.3 is 10.1 Å². The summed E-state index contributed by atoms with van der Waals surface area (Å²) in [5, 5.41) is 2.80. The lowest BCUT2D eigenvalue weighted by Gasteiger charge is -2.31. The molecule has 1 aliphatic heterocycles. The molecule has 0 aliphatic carbocycles. The fraction of sp³-hybridized carbons (Fsp3) is 0.300. The third-order valence-corrected chi connectivity index (χ3v) is 6.59. The highest BCUT2D eigenvalue weighted by atomic mass is 32.2. The molecule has 1 fully saturated rings. The molecule has 1 atom stereocenters. The highest BCUT2D eigenvalue weighted by Gasteiger charge is 2.33. The summed E-state index contributed by atoms with van der Waals surface area (Å²) < 4.78 is 31.6. The van der Waals surface area contributed by atoms with E-state index in [9.17, 15) is 18.0 Å². The van der Waals surface area contributed by atoms with Gasteiger partial charge >= 0.3 is 5.97 Å². The topological polar surface area (TPSA) is 92.8 Å². The van der Waals surface area contributed by atoms with Gasteiger partial charge in [0.1, 0.15) is 0 Å². The van der Waals surface area contributed by atoms with Crippen molar-refractivity contribution in [2.45, 2.75) is 17.7 Å². The number of nitrogens with zero attached hydrogens (tertiary/aromatic N) is 1. The van der Waals surface area contributed by atoms with Gasteiger partial charge in [-0.25, -0.2) is 13.2 Å². The molecule has 148 valence electrons. The summed E-state index contributed by atoms with van der Waals surface area (Å²) in [4.78, 5) is 24.3. The number of nitrogens with one attached hydrogen (secondary N) is 1. The number of anilines is 1. The number of amides is 1. The van der Waals surface area contributed by atoms with Crippen molar-refractivity contribution >= 4 is 27.6 Å². The Hall–Kier alpha value is -2.71. The van der Waals surface area contributed by atoms with Crippen LogP contribution in [0.3, 0.4) is 0 Å². The second-order valence-electron chi connectivity index (χ2n) is 6.57. The van der Waals surface area contributed by atoms with E-state index in [-0.39, 0.29) is 17.3 Å². The lowest BCUT2D eigenvalue weighted by molar-refractivity contribution is -0.120. The zero-order valence-corrected chi connectivity index (χ0v) is 16.3. The van der Waals surface area contributed by atoms with Gasteiger partial charge in [-0.2, -0.15) is 4.31 Å². The summed E-state index contributed by atoms with van der Waals surface area (Å²) >= 11 is 0. The van der Waals surface area contributed by atoms with Gasteiger partial charge in [-0.05, 0) is 49.2 Å². The summed E-state index contributed by atoms with van der Waals surface area (Å²) in [5.41, 5.74) is 0.930. The first kappa shape index (κ1) is 20.0. The number of rotatable bonds is 5. The zero-order chi connectivity index (χ0) is 20.1. The summed E-state index contributed by atoms with van der Waals surface area (Å²) in [6.45, 7) is 0.540. The molecule has 0 bridgehead atoms. The Labute approximate surface area is 164 Å². The molecule has 1 N–H and O–H groups in total. The smallest absolute Gasteiger partial charge is 0.337 e. The number of methoxy groups -OCH3 is 1. The molecule has 1 heterocycles. The fourth-order valence-corrected chi connectivity index (χ4v) is 4.71. The Morgan fingerprint density at radius 1 is 1.07 bits per heavy atom. The molecule has 0 saturated carbocycles. The summed E-state index contributed by atoms with van der Waals surface area (Å²) in [6.07, 6.45) is 1.23. The fourth-order valence-electron chi connectivity index (χ4n) is 3.17. The maximum Gasteiger partial charge on any atom is 0.337 e. The van der Waals surface area contributed by atoms with Crippen LogP contribution in [0.1, 0.15) is 23.2 Å². The molecule has 0 aromatic heterocycles. The number of esters is 1. The number of sulfonamides is 1. The Balaban J connectivity index is 1.67. The SMILES string of the molecule is COC(=O)c1ccc(NC(=O)[C@@H]2CCCN(S(=O)(=O)c3ccccc3)C2)cc1. The summed E-state index contributed by atoms with van der Waals surface area (Å²) in [5.74, 6) is -1.13. The normalized spacial score (nSPS) is 17.7. The van der Waals surface area contributed by atoms with Crippen LogP contribution in [0.25, 0.3) is 0 Å². The minimum Gasteiger partial charge on any atom is -0.465 e. The van der Waals surface area contributed by atoms with Crippen molar-refractivity contribution in [3.8, 4) is 0 Å². The molecule has 1 saturated heterocycles. The predicted octanol–water partition coefficient (Wildman–Crippen LogP) is 2.51. The van der Waals surface area contributed by atoms with Gasteiger partial charge in [0.2, 0.25) is 15.9 Å². The highest BCUT2D eigenvalue weighted by Crippen LogP contribution is 2.24. The molecule has 8 heteroatoms. The lowest BCUT2D eigenvalue weighted by atomic mass is 9.98. The maximum absolute atomic E-state index is 12.8. The van der Waals surface area contributed by atoms with Gasteiger partial charge in [0, 0.05) is 18.8 Å². The molecule has 1 aliphatic rings. The zero-order valence-electron chi connectivity index (χ0n) is 15.5. The van der Waals surface area contributed by atoms with E-state index in [1.807, 2.05) is 0 Å². The van der Waals surface area contributed by atoms with Crippen LogP contribution in [0.2, 0.25) is 0 Å². The third-order valence-electron chi connectivity index (χ3n) is 4.71. The van der Waals surface area contributed by atoms with Crippen LogP contribution in [0.15, 0.2) is 59.5 Å². The van der Waals surface area contributed by atoms with Crippen molar-refractivity contribution < 1.29 is 22.7 Å². The van der Waals surface area contributed by atoms with Gasteiger partial charge in [-0.1, -0.05) is 18.2 Å². The Bertz CT molecular complexity index is 942. The summed E-state index contributed by atoms with van der Waals surface area (Å²) in [6, 6.07) is 14.6. The highest BCUT2D eigenvalue weighted by molar-refractivity contribution is 7.89. The van der Waals surface area contributed by atoms with Crippen LogP contribution in [0.4, 0.5) is 5.69 Å². The Morgan fingerprint density at radius 3 is 2.39 bits per heavy atom. The van der Waals surface area contributed by atoms with E-state index < -0.39 is 21.9 Å². The van der Waals surface area contributed by atoms with E-state index in [0.29, 0.717) is 30.6 Å². The monoisotopic (exact) mass is 402 g/mol. The molecule has 0 radical (unpaired) electrons. The van der Waals surface area contributed by atoms with Crippen molar-refractivity contribution in [1.29, 1.82) is 0 Å². The summed E-state index contributed by atoms with van der Waals surface area (Å²) in [7, 11) is -2.32. The average Bonchev–Trinajstić information content (AvgIpc) is 2.74. The number of hydrogen-bond donors (Lipinski definition) is 1. The molecule has 2 aromatic rings. The first-order valence-electron chi connectivity index (χ1n) is 8.96. The Kier molecular flexibility index (Phi) is 6.11. The quantitative estimate of drug-likeness (QED) is 0.776. The van der Waals surface area contributed by atoms with Gasteiger partial charge in [-0.3, -0.25) is 4.79 Å². The predicted molar refractivity (Wildman–Crippen MR) is 104 cm³/mol. The molecular formula is C20H22N2O5S. The number of benzene rings is 2. The molecule has 3 rings (SSSR count). The maximum atomic E-state index is 12.8. The minimum absolute atomic E-state index is 0.142. The average molecular weight is 402 g/mol. The van der Waals surface area contributed by atoms with E-state index in [4.69, 9.17) is 0 Å². The van der Waals surface area contributed by atoms with Gasteiger partial charge in [0.25, 0.3) is 0 Å². The second-order valence-corrected chi connectivity index (χ2v) is 8.51. The van der Waals surface area contributed by atoms with E-state index in [1.54, 1.807) is 54.6 Å². The van der Waals surface area contributed by atoms with Crippen LogP contribution in [0.5, 0.6) is 0 Å². The first-order chi connectivity index (χ1) is 13.4. The van der Waals surface area contributed by atoms with Crippen LogP contribution < -0.4 is 5.32 Å². The molecule has 1 amide bonds. The van der Waals surface area contributed by atoms with Crippen molar-refractivity contribution in [3.05, 3.63) is 60.2 Å². The Morgan fingerprint density at radius 2 is 1.75 bits per heavy atom. The van der Waals surface area contributed by atoms with E-state index in [0.717, 1.165) is 0 Å². The van der Waals surface area contributed by atoms with E-state index >= 15 is 0 Å². The molecule has 0 spiro atoms. The number of piperidine rings is 1. The minimum atomic E-state index is -3.62. The van der Waals surface area contributed by atoms with Crippen LogP contribution in [-0.2, 0) is 19.6 Å². The van der Waals surface area contributed by atoms with Gasteiger partial charge in [-0.15, -0.1) is 0 Å². The molecule has 7 nitrogen and oxygen atoms in total. The third kappa shape index (κ3) is 4.40. The second kappa shape index (κ2) is 8.53. The van der Waals surface area contributed by atoms with E-state index in [1.165, 1.54) is 11.4 Å². The van der Waals surface area contributed by atoms with Crippen LogP contribution >= 0.6 is 0 Å². The number of ether oxygens (including phenoxy) is 1. The standard InChI is InChI=1S/C20H22N2O5S/c1-27-20(24)15-9-11-17(12-10-15)21-19(23)16-6-5-13-22(14-16)28(25,26)18-7-3-2-4-8-18/h2-4,7-12,16H,5-6,13-14H2,1H3,(H,21,23)/t16-/m1/s1. The number of carbonyl (C=O) groups is 2. The van der Waals surface area contributed by atoms with Crippen LogP contribution in [-0.4, -0.2) is 44.8 Å².